The molecule has 9 heteroatoms. The van der Waals surface area contributed by atoms with Crippen LogP contribution in [0.2, 0.25) is 0 Å². The molecule has 2 aromatic heterocycles. The molecule has 0 saturated carbocycles. The molecule has 5 nitrogen and oxygen atoms in total. The van der Waals surface area contributed by atoms with E-state index in [2.05, 4.69) is 20.1 Å². The number of benzene rings is 1. The van der Waals surface area contributed by atoms with Gasteiger partial charge in [0.05, 0.1) is 10.8 Å². The van der Waals surface area contributed by atoms with Crippen LogP contribution in [0.5, 0.6) is 0 Å². The highest BCUT2D eigenvalue weighted by atomic mass is 32.2. The van der Waals surface area contributed by atoms with Gasteiger partial charge in [0.2, 0.25) is 11.7 Å². The summed E-state index contributed by atoms with van der Waals surface area (Å²) >= 11 is 1.13. The van der Waals surface area contributed by atoms with E-state index in [1.54, 1.807) is 25.1 Å². The van der Waals surface area contributed by atoms with Crippen molar-refractivity contribution < 1.29 is 17.7 Å². The van der Waals surface area contributed by atoms with Crippen LogP contribution in [0.3, 0.4) is 0 Å². The van der Waals surface area contributed by atoms with E-state index >= 15 is 0 Å². The minimum atomic E-state index is -4.61. The van der Waals surface area contributed by atoms with Crippen LogP contribution in [-0.4, -0.2) is 20.1 Å². The lowest BCUT2D eigenvalue weighted by Crippen LogP contribution is -2.12. The Labute approximate surface area is 139 Å². The highest BCUT2D eigenvalue weighted by molar-refractivity contribution is 7.99. The van der Waals surface area contributed by atoms with Crippen molar-refractivity contribution in [2.24, 2.45) is 0 Å². The minimum absolute atomic E-state index is 0.233. The van der Waals surface area contributed by atoms with Crippen molar-refractivity contribution in [3.63, 3.8) is 0 Å². The number of fused-ring (bicyclic) bond motifs is 1. The van der Waals surface area contributed by atoms with Crippen LogP contribution in [0.15, 0.2) is 33.8 Å². The van der Waals surface area contributed by atoms with Crippen LogP contribution < -0.4 is 0 Å². The van der Waals surface area contributed by atoms with Crippen LogP contribution >= 0.6 is 11.8 Å². The summed E-state index contributed by atoms with van der Waals surface area (Å²) in [5.41, 5.74) is 0.245. The third-order valence-electron chi connectivity index (χ3n) is 3.26. The highest BCUT2D eigenvalue weighted by Crippen LogP contribution is 2.38. The molecule has 0 bridgehead atoms. The molecule has 0 saturated heterocycles. The number of rotatable bonds is 4. The summed E-state index contributed by atoms with van der Waals surface area (Å²) in [7, 11) is 0. The first-order valence-corrected chi connectivity index (χ1v) is 8.09. The quantitative estimate of drug-likeness (QED) is 0.509. The molecular weight excluding hydrogens is 341 g/mol. The third-order valence-corrected chi connectivity index (χ3v) is 4.35. The average molecular weight is 354 g/mol. The van der Waals surface area contributed by atoms with E-state index in [-0.39, 0.29) is 15.8 Å². The first-order chi connectivity index (χ1) is 11.4. The van der Waals surface area contributed by atoms with Crippen molar-refractivity contribution in [2.45, 2.75) is 36.7 Å². The molecule has 0 N–H and O–H groups in total. The van der Waals surface area contributed by atoms with Gasteiger partial charge in [-0.05, 0) is 13.0 Å². The normalized spacial score (nSPS) is 13.4. The SMILES string of the molecule is CCc1noc(C(C)Sc2nc(C(F)(F)F)nc3ccccc23)n1. The fraction of sp³-hybridized carbons (Fsp3) is 0.333. The van der Waals surface area contributed by atoms with Crippen LogP contribution in [-0.2, 0) is 12.6 Å². The number of hydrogen-bond acceptors (Lipinski definition) is 6. The Bertz CT molecular complexity index is 865. The lowest BCUT2D eigenvalue weighted by molar-refractivity contribution is -0.145. The summed E-state index contributed by atoms with van der Waals surface area (Å²) in [5, 5.41) is 4.25. The molecule has 0 amide bonds. The fourth-order valence-electron chi connectivity index (χ4n) is 2.06. The molecule has 24 heavy (non-hydrogen) atoms. The van der Waals surface area contributed by atoms with E-state index in [4.69, 9.17) is 4.52 Å². The average Bonchev–Trinajstić information content (AvgIpc) is 3.03. The van der Waals surface area contributed by atoms with Crippen LogP contribution in [0.4, 0.5) is 13.2 Å². The second-order valence-electron chi connectivity index (χ2n) is 5.03. The summed E-state index contributed by atoms with van der Waals surface area (Å²) in [6.45, 7) is 3.67. The molecule has 126 valence electrons. The summed E-state index contributed by atoms with van der Waals surface area (Å²) < 4.78 is 44.2. The van der Waals surface area contributed by atoms with Crippen molar-refractivity contribution in [2.75, 3.05) is 0 Å². The molecule has 1 unspecified atom stereocenters. The van der Waals surface area contributed by atoms with Gasteiger partial charge in [-0.2, -0.15) is 18.2 Å². The number of aryl methyl sites for hydroxylation is 1. The summed E-state index contributed by atoms with van der Waals surface area (Å²) in [6, 6.07) is 6.59. The van der Waals surface area contributed by atoms with Crippen molar-refractivity contribution in [1.29, 1.82) is 0 Å². The molecule has 0 aliphatic carbocycles. The molecule has 3 rings (SSSR count). The predicted molar refractivity (Wildman–Crippen MR) is 82.5 cm³/mol. The Balaban J connectivity index is 2.01. The van der Waals surface area contributed by atoms with Gasteiger partial charge in [0, 0.05) is 11.8 Å². The number of alkyl halides is 3. The predicted octanol–water partition coefficient (Wildman–Crippen LogP) is 4.45. The maximum atomic E-state index is 13.0. The lowest BCUT2D eigenvalue weighted by Gasteiger charge is -2.12. The summed E-state index contributed by atoms with van der Waals surface area (Å²) in [6.07, 6.45) is -3.99. The molecule has 2 heterocycles. The zero-order valence-corrected chi connectivity index (χ0v) is 13.6. The topological polar surface area (TPSA) is 64.7 Å². The van der Waals surface area contributed by atoms with Crippen molar-refractivity contribution in [3.05, 3.63) is 41.8 Å². The van der Waals surface area contributed by atoms with E-state index in [9.17, 15) is 13.2 Å². The monoisotopic (exact) mass is 354 g/mol. The Morgan fingerprint density at radius 2 is 1.92 bits per heavy atom. The van der Waals surface area contributed by atoms with Gasteiger partial charge in [0.15, 0.2) is 5.82 Å². The van der Waals surface area contributed by atoms with Gasteiger partial charge in [0.25, 0.3) is 0 Å². The van der Waals surface area contributed by atoms with Crippen molar-refractivity contribution >= 4 is 22.7 Å². The molecule has 0 aliphatic rings. The number of para-hydroxylation sites is 1. The second kappa shape index (κ2) is 6.39. The molecule has 1 aromatic carbocycles. The van der Waals surface area contributed by atoms with E-state index in [1.165, 1.54) is 6.07 Å². The van der Waals surface area contributed by atoms with Gasteiger partial charge in [-0.15, -0.1) is 0 Å². The molecule has 0 radical (unpaired) electrons. The third kappa shape index (κ3) is 3.35. The van der Waals surface area contributed by atoms with E-state index in [0.717, 1.165) is 11.8 Å². The zero-order valence-electron chi connectivity index (χ0n) is 12.8. The Morgan fingerprint density at radius 1 is 1.17 bits per heavy atom. The molecule has 0 aliphatic heterocycles. The maximum absolute atomic E-state index is 13.0. The van der Waals surface area contributed by atoms with Crippen molar-refractivity contribution in [3.8, 4) is 0 Å². The standard InChI is InChI=1S/C15H13F3N4OS/c1-3-11-20-12(23-22-11)8(2)24-13-9-6-4-5-7-10(9)19-14(21-13)15(16,17)18/h4-8H,3H2,1-2H3. The molecule has 3 aromatic rings. The first-order valence-electron chi connectivity index (χ1n) is 7.21. The smallest absolute Gasteiger partial charge is 0.338 e. The molecular formula is C15H13F3N4OS. The second-order valence-corrected chi connectivity index (χ2v) is 6.36. The highest BCUT2D eigenvalue weighted by Gasteiger charge is 2.35. The van der Waals surface area contributed by atoms with Crippen LogP contribution in [0.25, 0.3) is 10.9 Å². The van der Waals surface area contributed by atoms with Crippen LogP contribution in [0.1, 0.15) is 36.6 Å². The van der Waals surface area contributed by atoms with E-state index < -0.39 is 12.0 Å². The van der Waals surface area contributed by atoms with E-state index in [0.29, 0.717) is 23.5 Å². The number of thioether (sulfide) groups is 1. The van der Waals surface area contributed by atoms with Crippen molar-refractivity contribution in [1.82, 2.24) is 20.1 Å². The number of aromatic nitrogens is 4. The first kappa shape index (κ1) is 16.7. The largest absolute Gasteiger partial charge is 0.451 e. The minimum Gasteiger partial charge on any atom is -0.338 e. The van der Waals surface area contributed by atoms with Gasteiger partial charge < -0.3 is 4.52 Å². The van der Waals surface area contributed by atoms with Gasteiger partial charge in [-0.1, -0.05) is 42.0 Å². The zero-order chi connectivity index (χ0) is 17.3. The number of hydrogen-bond donors (Lipinski definition) is 0. The lowest BCUT2D eigenvalue weighted by atomic mass is 10.2. The Kier molecular flexibility index (Phi) is 4.44. The van der Waals surface area contributed by atoms with Gasteiger partial charge >= 0.3 is 6.18 Å². The van der Waals surface area contributed by atoms with E-state index in [1.807, 2.05) is 6.92 Å². The fourth-order valence-corrected chi connectivity index (χ4v) is 3.03. The number of halogens is 3. The molecule has 1 atom stereocenters. The number of nitrogens with zero attached hydrogens (tertiary/aromatic N) is 4. The maximum Gasteiger partial charge on any atom is 0.451 e. The van der Waals surface area contributed by atoms with Gasteiger partial charge in [0.1, 0.15) is 5.03 Å². The molecule has 0 spiro atoms. The van der Waals surface area contributed by atoms with Crippen LogP contribution in [0, 0.1) is 0 Å². The Hall–Kier alpha value is -2.16. The Morgan fingerprint density at radius 3 is 2.58 bits per heavy atom. The summed E-state index contributed by atoms with van der Waals surface area (Å²) in [5.74, 6) is -0.246. The summed E-state index contributed by atoms with van der Waals surface area (Å²) in [4.78, 5) is 11.5. The van der Waals surface area contributed by atoms with Gasteiger partial charge in [-0.25, -0.2) is 9.97 Å². The van der Waals surface area contributed by atoms with Gasteiger partial charge in [-0.3, -0.25) is 0 Å². The molecule has 0 fully saturated rings.